The predicted octanol–water partition coefficient (Wildman–Crippen LogP) is -2.62. The van der Waals surface area contributed by atoms with Crippen molar-refractivity contribution in [3.8, 4) is 11.4 Å². The monoisotopic (exact) mass is 272 g/mol. The quantitative estimate of drug-likeness (QED) is 0.356. The van der Waals surface area contributed by atoms with Crippen molar-refractivity contribution in [3.63, 3.8) is 0 Å². The van der Waals surface area contributed by atoms with Crippen LogP contribution in [0.5, 0.6) is 0 Å². The second-order valence-corrected chi connectivity index (χ2v) is 4.83. The third kappa shape index (κ3) is 3.19. The zero-order chi connectivity index (χ0) is 10.7. The zero-order valence-electron chi connectivity index (χ0n) is 8.13. The van der Waals surface area contributed by atoms with Crippen molar-refractivity contribution in [3.05, 3.63) is 30.3 Å². The highest BCUT2D eigenvalue weighted by Gasteiger charge is 2.09. The molecular weight excluding hydrogens is 264 g/mol. The van der Waals surface area contributed by atoms with Crippen LogP contribution in [0.4, 0.5) is 0 Å². The number of nitrogens with two attached hydrogens (primary N) is 2. The van der Waals surface area contributed by atoms with Gasteiger partial charge in [-0.05, 0) is 11.5 Å². The van der Waals surface area contributed by atoms with Crippen LogP contribution in [0.3, 0.4) is 0 Å². The summed E-state index contributed by atoms with van der Waals surface area (Å²) >= 11 is 2.52. The lowest BCUT2D eigenvalue weighted by Gasteiger charge is -1.91. The van der Waals surface area contributed by atoms with Crippen LogP contribution in [0.25, 0.3) is 11.4 Å². The van der Waals surface area contributed by atoms with Gasteiger partial charge in [0.2, 0.25) is 0 Å². The van der Waals surface area contributed by atoms with Gasteiger partial charge in [-0.1, -0.05) is 30.3 Å². The van der Waals surface area contributed by atoms with Crippen LogP contribution in [-0.2, 0) is 0 Å². The van der Waals surface area contributed by atoms with Crippen molar-refractivity contribution in [1.29, 1.82) is 0 Å². The predicted molar refractivity (Wildman–Crippen MR) is 62.3 cm³/mol. The summed E-state index contributed by atoms with van der Waals surface area (Å²) in [4.78, 5) is 4.31. The lowest BCUT2D eigenvalue weighted by atomic mass is 10.2. The molecule has 1 heterocycles. The van der Waals surface area contributed by atoms with Gasteiger partial charge in [-0.3, -0.25) is 11.1 Å². The maximum atomic E-state index is 5.37. The Bertz CT molecular complexity index is 471. The Labute approximate surface area is 107 Å². The second kappa shape index (κ2) is 5.83. The van der Waals surface area contributed by atoms with Crippen LogP contribution in [0.15, 0.2) is 34.7 Å². The molecule has 0 aliphatic rings. The highest BCUT2D eigenvalue weighted by Crippen LogP contribution is 2.23. The molecule has 0 fully saturated rings. The molecule has 1 aromatic carbocycles. The second-order valence-electron chi connectivity index (χ2n) is 2.75. The van der Waals surface area contributed by atoms with Gasteiger partial charge in [-0.2, -0.15) is 4.37 Å². The number of benzene rings is 1. The fourth-order valence-corrected chi connectivity index (χ4v) is 2.38. The van der Waals surface area contributed by atoms with Gasteiger partial charge in [0.05, 0.1) is 0 Å². The lowest BCUT2D eigenvalue weighted by Crippen LogP contribution is -3.00. The Morgan fingerprint density at radius 2 is 2.00 bits per heavy atom. The topological polar surface area (TPSA) is 77.4 Å². The SMILES string of the molecule is NC(=[NH2+])Sc1nc(-c2ccccc2)ns1.[Cl-]. The van der Waals surface area contributed by atoms with E-state index in [4.69, 9.17) is 11.1 Å². The first kappa shape index (κ1) is 13.0. The molecule has 0 unspecified atom stereocenters. The maximum Gasteiger partial charge on any atom is 0.307 e. The van der Waals surface area contributed by atoms with E-state index in [2.05, 4.69) is 9.36 Å². The number of hydrogen-bond acceptors (Lipinski definition) is 4. The fourth-order valence-electron chi connectivity index (χ4n) is 1.06. The maximum absolute atomic E-state index is 5.37. The average Bonchev–Trinajstić information content (AvgIpc) is 2.67. The minimum atomic E-state index is 0. The van der Waals surface area contributed by atoms with Gasteiger partial charge in [0.25, 0.3) is 0 Å². The smallest absolute Gasteiger partial charge is 0.307 e. The molecule has 2 rings (SSSR count). The van der Waals surface area contributed by atoms with Crippen LogP contribution < -0.4 is 23.5 Å². The molecule has 0 spiro atoms. The summed E-state index contributed by atoms with van der Waals surface area (Å²) in [6, 6.07) is 9.79. The highest BCUT2D eigenvalue weighted by atomic mass is 35.5. The molecular formula is C9H9ClN4S2. The molecule has 0 saturated heterocycles. The van der Waals surface area contributed by atoms with Crippen LogP contribution in [-0.4, -0.2) is 14.5 Å². The number of aromatic nitrogens is 2. The summed E-state index contributed by atoms with van der Waals surface area (Å²) in [5, 5.41) is 5.65. The minimum Gasteiger partial charge on any atom is -1.00 e. The van der Waals surface area contributed by atoms with Gasteiger partial charge in [-0.15, -0.1) is 0 Å². The number of halogens is 1. The first-order chi connectivity index (χ1) is 7.25. The Morgan fingerprint density at radius 1 is 1.31 bits per heavy atom. The van der Waals surface area contributed by atoms with Gasteiger partial charge in [0.1, 0.15) is 0 Å². The van der Waals surface area contributed by atoms with E-state index in [1.54, 1.807) is 0 Å². The van der Waals surface area contributed by atoms with Crippen LogP contribution in [0.1, 0.15) is 0 Å². The van der Waals surface area contributed by atoms with Crippen LogP contribution in [0.2, 0.25) is 0 Å². The molecule has 0 atom stereocenters. The van der Waals surface area contributed by atoms with E-state index in [1.807, 2.05) is 30.3 Å². The first-order valence-electron chi connectivity index (χ1n) is 4.20. The van der Waals surface area contributed by atoms with Crippen LogP contribution in [0, 0.1) is 0 Å². The van der Waals surface area contributed by atoms with Crippen LogP contribution >= 0.6 is 23.3 Å². The van der Waals surface area contributed by atoms with E-state index < -0.39 is 0 Å². The lowest BCUT2D eigenvalue weighted by molar-refractivity contribution is -0.110. The number of thioether (sulfide) groups is 1. The molecule has 1 aromatic heterocycles. The molecule has 0 saturated carbocycles. The highest BCUT2D eigenvalue weighted by molar-refractivity contribution is 8.14. The molecule has 4 nitrogen and oxygen atoms in total. The summed E-state index contributed by atoms with van der Waals surface area (Å²) in [6.07, 6.45) is 0. The minimum absolute atomic E-state index is 0. The summed E-state index contributed by atoms with van der Waals surface area (Å²) in [7, 11) is 0. The number of hydrogen-bond donors (Lipinski definition) is 2. The standard InChI is InChI=1S/C9H8N4S2.ClH/c10-8(11)14-9-12-7(13-15-9)6-4-2-1-3-5-6;/h1-5H,(H3,10,11);1H. The molecule has 2 aromatic rings. The molecule has 0 aliphatic heterocycles. The van der Waals surface area contributed by atoms with Crippen molar-refractivity contribution in [2.24, 2.45) is 5.73 Å². The summed E-state index contributed by atoms with van der Waals surface area (Å²) in [6.45, 7) is 0. The Kier molecular flexibility index (Phi) is 4.72. The van der Waals surface area contributed by atoms with E-state index in [0.29, 0.717) is 5.82 Å². The third-order valence-corrected chi connectivity index (χ3v) is 3.13. The van der Waals surface area contributed by atoms with Crippen molar-refractivity contribution >= 4 is 28.5 Å². The molecule has 4 N–H and O–H groups in total. The molecule has 0 aliphatic carbocycles. The molecule has 16 heavy (non-hydrogen) atoms. The van der Waals surface area contributed by atoms with Crippen molar-refractivity contribution < 1.29 is 17.8 Å². The molecule has 7 heteroatoms. The number of amidine groups is 1. The van der Waals surface area contributed by atoms with Crippen molar-refractivity contribution in [1.82, 2.24) is 9.36 Å². The van der Waals surface area contributed by atoms with Gasteiger partial charge in [-0.25, -0.2) is 4.98 Å². The normalized spacial score (nSPS) is 9.50. The zero-order valence-corrected chi connectivity index (χ0v) is 10.5. The average molecular weight is 273 g/mol. The first-order valence-corrected chi connectivity index (χ1v) is 5.79. The van der Waals surface area contributed by atoms with Crippen molar-refractivity contribution in [2.45, 2.75) is 4.34 Å². The number of rotatable bonds is 2. The fraction of sp³-hybridized carbons (Fsp3) is 0. The van der Waals surface area contributed by atoms with Gasteiger partial charge in [0.15, 0.2) is 10.2 Å². The molecule has 84 valence electrons. The summed E-state index contributed by atoms with van der Waals surface area (Å²) in [5.74, 6) is 0.712. The van der Waals surface area contributed by atoms with E-state index in [-0.39, 0.29) is 17.6 Å². The van der Waals surface area contributed by atoms with E-state index in [0.717, 1.165) is 9.90 Å². The molecule has 0 bridgehead atoms. The summed E-state index contributed by atoms with van der Waals surface area (Å²) in [5.41, 5.74) is 6.37. The third-order valence-electron chi connectivity index (χ3n) is 1.64. The van der Waals surface area contributed by atoms with E-state index >= 15 is 0 Å². The van der Waals surface area contributed by atoms with Gasteiger partial charge in [0, 0.05) is 17.3 Å². The Hall–Kier alpha value is -1.11. The van der Waals surface area contributed by atoms with Gasteiger partial charge < -0.3 is 12.4 Å². The largest absolute Gasteiger partial charge is 1.00 e. The number of nitrogens with zero attached hydrogens (tertiary/aromatic N) is 2. The molecule has 0 radical (unpaired) electrons. The van der Waals surface area contributed by atoms with Crippen molar-refractivity contribution in [2.75, 3.05) is 0 Å². The van der Waals surface area contributed by atoms with E-state index in [1.165, 1.54) is 23.3 Å². The Morgan fingerprint density at radius 3 is 2.62 bits per heavy atom. The Balaban J connectivity index is 0.00000128. The summed E-state index contributed by atoms with van der Waals surface area (Å²) < 4.78 is 4.98. The molecule has 0 amide bonds. The van der Waals surface area contributed by atoms with E-state index in [9.17, 15) is 0 Å². The van der Waals surface area contributed by atoms with Gasteiger partial charge >= 0.3 is 5.17 Å².